The molecule has 1 fully saturated rings. The van der Waals surface area contributed by atoms with Crippen LogP contribution < -0.4 is 10.6 Å². The number of piperazine rings is 1. The first kappa shape index (κ1) is 16.6. The SMILES string of the molecule is Cn1ncc2c(N)nc(N3CCN(C(=O)c4cccc(Cl)c4)CC3)nc21. The molecule has 26 heavy (non-hydrogen) atoms. The Morgan fingerprint density at radius 1 is 1.19 bits per heavy atom. The predicted molar refractivity (Wildman–Crippen MR) is 100 cm³/mol. The van der Waals surface area contributed by atoms with Crippen molar-refractivity contribution < 1.29 is 4.79 Å². The standard InChI is InChI=1S/C17H18ClN7O/c1-23-15-13(10-20-23)14(19)21-17(22-15)25-7-5-24(6-8-25)16(26)11-3-2-4-12(18)9-11/h2-4,9-10H,5-8H2,1H3,(H2,19,21,22). The van der Waals surface area contributed by atoms with Gasteiger partial charge in [-0.25, -0.2) is 0 Å². The topological polar surface area (TPSA) is 93.2 Å². The Labute approximate surface area is 155 Å². The van der Waals surface area contributed by atoms with Crippen LogP contribution in [0.5, 0.6) is 0 Å². The first-order valence-corrected chi connectivity index (χ1v) is 8.66. The van der Waals surface area contributed by atoms with Crippen LogP contribution in [0, 0.1) is 0 Å². The molecule has 1 amide bonds. The van der Waals surface area contributed by atoms with Crippen molar-refractivity contribution in [2.75, 3.05) is 36.8 Å². The molecule has 2 aromatic heterocycles. The number of amides is 1. The average molecular weight is 372 g/mol. The first-order chi connectivity index (χ1) is 12.5. The Bertz CT molecular complexity index is 978. The summed E-state index contributed by atoms with van der Waals surface area (Å²) in [5.74, 6) is 0.957. The summed E-state index contributed by atoms with van der Waals surface area (Å²) in [6.07, 6.45) is 1.66. The van der Waals surface area contributed by atoms with E-state index in [0.29, 0.717) is 54.2 Å². The van der Waals surface area contributed by atoms with Gasteiger partial charge in [0.25, 0.3) is 5.91 Å². The fourth-order valence-corrected chi connectivity index (χ4v) is 3.28. The third kappa shape index (κ3) is 2.92. The maximum absolute atomic E-state index is 12.6. The van der Waals surface area contributed by atoms with Crippen molar-refractivity contribution >= 4 is 40.3 Å². The number of nitrogens with two attached hydrogens (primary N) is 1. The number of hydrogen-bond donors (Lipinski definition) is 1. The molecule has 0 unspecified atom stereocenters. The fraction of sp³-hybridized carbons (Fsp3) is 0.294. The van der Waals surface area contributed by atoms with Crippen molar-refractivity contribution in [1.29, 1.82) is 0 Å². The lowest BCUT2D eigenvalue weighted by Gasteiger charge is -2.34. The van der Waals surface area contributed by atoms with Gasteiger partial charge in [-0.05, 0) is 18.2 Å². The highest BCUT2D eigenvalue weighted by molar-refractivity contribution is 6.30. The summed E-state index contributed by atoms with van der Waals surface area (Å²) < 4.78 is 1.68. The summed E-state index contributed by atoms with van der Waals surface area (Å²) >= 11 is 5.98. The maximum Gasteiger partial charge on any atom is 0.254 e. The van der Waals surface area contributed by atoms with Gasteiger partial charge in [0.05, 0.1) is 11.6 Å². The number of anilines is 2. The predicted octanol–water partition coefficient (Wildman–Crippen LogP) is 1.56. The van der Waals surface area contributed by atoms with Crippen LogP contribution in [0.2, 0.25) is 5.02 Å². The van der Waals surface area contributed by atoms with Gasteiger partial charge < -0.3 is 15.5 Å². The highest BCUT2D eigenvalue weighted by Crippen LogP contribution is 2.22. The molecule has 3 aromatic rings. The summed E-state index contributed by atoms with van der Waals surface area (Å²) in [6.45, 7) is 2.43. The number of aromatic nitrogens is 4. The quantitative estimate of drug-likeness (QED) is 0.734. The molecule has 0 bridgehead atoms. The monoisotopic (exact) mass is 371 g/mol. The molecule has 9 heteroatoms. The van der Waals surface area contributed by atoms with Crippen LogP contribution in [-0.4, -0.2) is 56.7 Å². The Hall–Kier alpha value is -2.87. The van der Waals surface area contributed by atoms with Crippen LogP contribution >= 0.6 is 11.6 Å². The van der Waals surface area contributed by atoms with Gasteiger partial charge in [0.2, 0.25) is 5.95 Å². The zero-order valence-corrected chi connectivity index (χ0v) is 15.0. The van der Waals surface area contributed by atoms with E-state index in [2.05, 4.69) is 15.1 Å². The number of halogens is 1. The van der Waals surface area contributed by atoms with Gasteiger partial charge in [-0.15, -0.1) is 0 Å². The van der Waals surface area contributed by atoms with Gasteiger partial charge in [-0.3, -0.25) is 9.48 Å². The number of carbonyl (C=O) groups is 1. The van der Waals surface area contributed by atoms with E-state index in [-0.39, 0.29) is 5.91 Å². The van der Waals surface area contributed by atoms with Crippen molar-refractivity contribution in [3.8, 4) is 0 Å². The van der Waals surface area contributed by atoms with Gasteiger partial charge in [-0.1, -0.05) is 17.7 Å². The lowest BCUT2D eigenvalue weighted by molar-refractivity contribution is 0.0746. The maximum atomic E-state index is 12.6. The van der Waals surface area contributed by atoms with Gasteiger partial charge >= 0.3 is 0 Å². The number of carbonyl (C=O) groups excluding carboxylic acids is 1. The normalized spacial score (nSPS) is 14.8. The third-order valence-corrected chi connectivity index (χ3v) is 4.77. The van der Waals surface area contributed by atoms with E-state index in [1.54, 1.807) is 35.1 Å². The molecule has 1 aliphatic heterocycles. The van der Waals surface area contributed by atoms with Gasteiger partial charge in [0.1, 0.15) is 5.82 Å². The molecule has 134 valence electrons. The van der Waals surface area contributed by atoms with Gasteiger partial charge in [0.15, 0.2) is 5.65 Å². The second kappa shape index (κ2) is 6.45. The largest absolute Gasteiger partial charge is 0.383 e. The third-order valence-electron chi connectivity index (χ3n) is 4.53. The van der Waals surface area contributed by atoms with Crippen LogP contribution in [0.25, 0.3) is 11.0 Å². The Morgan fingerprint density at radius 2 is 1.96 bits per heavy atom. The van der Waals surface area contributed by atoms with Crippen LogP contribution in [0.4, 0.5) is 11.8 Å². The molecule has 1 aliphatic rings. The smallest absolute Gasteiger partial charge is 0.254 e. The van der Waals surface area contributed by atoms with Crippen LogP contribution in [0.1, 0.15) is 10.4 Å². The number of fused-ring (bicyclic) bond motifs is 1. The van der Waals surface area contributed by atoms with Crippen molar-refractivity contribution in [1.82, 2.24) is 24.6 Å². The Kier molecular flexibility index (Phi) is 4.12. The summed E-state index contributed by atoms with van der Waals surface area (Å²) in [7, 11) is 1.82. The molecule has 0 aliphatic carbocycles. The zero-order valence-electron chi connectivity index (χ0n) is 14.3. The number of benzene rings is 1. The number of aryl methyl sites for hydroxylation is 1. The molecular weight excluding hydrogens is 354 g/mol. The van der Waals surface area contributed by atoms with Crippen molar-refractivity contribution in [3.63, 3.8) is 0 Å². The van der Waals surface area contributed by atoms with Crippen LogP contribution in [0.3, 0.4) is 0 Å². The molecular formula is C17H18ClN7O. The van der Waals surface area contributed by atoms with E-state index >= 15 is 0 Å². The van der Waals surface area contributed by atoms with Crippen molar-refractivity contribution in [2.45, 2.75) is 0 Å². The number of hydrogen-bond acceptors (Lipinski definition) is 6. The summed E-state index contributed by atoms with van der Waals surface area (Å²) in [5.41, 5.74) is 7.33. The highest BCUT2D eigenvalue weighted by Gasteiger charge is 2.24. The molecule has 0 atom stereocenters. The summed E-state index contributed by atoms with van der Waals surface area (Å²) in [6, 6.07) is 7.01. The highest BCUT2D eigenvalue weighted by atomic mass is 35.5. The molecule has 2 N–H and O–H groups in total. The van der Waals surface area contributed by atoms with Crippen molar-refractivity contribution in [3.05, 3.63) is 41.0 Å². The molecule has 1 aromatic carbocycles. The minimum Gasteiger partial charge on any atom is -0.383 e. The minimum absolute atomic E-state index is 0.0188. The molecule has 8 nitrogen and oxygen atoms in total. The number of nitrogens with zero attached hydrogens (tertiary/aromatic N) is 6. The molecule has 0 spiro atoms. The van der Waals surface area contributed by atoms with Gasteiger partial charge in [-0.2, -0.15) is 15.1 Å². The van der Waals surface area contributed by atoms with Crippen molar-refractivity contribution in [2.24, 2.45) is 7.05 Å². The van der Waals surface area contributed by atoms with Gasteiger partial charge in [0, 0.05) is 43.8 Å². The average Bonchev–Trinajstić information content (AvgIpc) is 3.03. The minimum atomic E-state index is -0.0188. The fourth-order valence-electron chi connectivity index (χ4n) is 3.09. The zero-order chi connectivity index (χ0) is 18.3. The Morgan fingerprint density at radius 3 is 2.69 bits per heavy atom. The molecule has 0 radical (unpaired) electrons. The molecule has 0 saturated carbocycles. The van der Waals surface area contributed by atoms with E-state index in [9.17, 15) is 4.79 Å². The second-order valence-electron chi connectivity index (χ2n) is 6.20. The van der Waals surface area contributed by atoms with E-state index in [4.69, 9.17) is 17.3 Å². The first-order valence-electron chi connectivity index (χ1n) is 8.28. The van der Waals surface area contributed by atoms with Crippen LogP contribution in [-0.2, 0) is 7.05 Å². The van der Waals surface area contributed by atoms with E-state index in [0.717, 1.165) is 5.39 Å². The summed E-state index contributed by atoms with van der Waals surface area (Å²) in [5, 5.41) is 5.47. The lowest BCUT2D eigenvalue weighted by Crippen LogP contribution is -2.49. The molecule has 1 saturated heterocycles. The molecule has 4 rings (SSSR count). The second-order valence-corrected chi connectivity index (χ2v) is 6.64. The number of nitrogen functional groups attached to an aromatic ring is 1. The lowest BCUT2D eigenvalue weighted by atomic mass is 10.2. The Balaban J connectivity index is 1.50. The van der Waals surface area contributed by atoms with E-state index in [1.165, 1.54) is 0 Å². The molecule has 3 heterocycles. The number of rotatable bonds is 2. The van der Waals surface area contributed by atoms with E-state index in [1.807, 2.05) is 16.8 Å². The summed E-state index contributed by atoms with van der Waals surface area (Å²) in [4.78, 5) is 25.4. The van der Waals surface area contributed by atoms with E-state index < -0.39 is 0 Å². The van der Waals surface area contributed by atoms with Crippen LogP contribution in [0.15, 0.2) is 30.5 Å².